The lowest BCUT2D eigenvalue weighted by Gasteiger charge is -2.06. The first-order valence-corrected chi connectivity index (χ1v) is 6.31. The van der Waals surface area contributed by atoms with Gasteiger partial charge in [-0.25, -0.2) is 9.37 Å². The van der Waals surface area contributed by atoms with Gasteiger partial charge in [0.25, 0.3) is 0 Å². The normalized spacial score (nSPS) is 10.6. The molecule has 1 heterocycles. The molecule has 4 heteroatoms. The SMILES string of the molecule is Cc1ccc(NCc2nc(C)c(C)s2)c(F)c1. The predicted molar refractivity (Wildman–Crippen MR) is 70.1 cm³/mol. The van der Waals surface area contributed by atoms with Crippen LogP contribution < -0.4 is 5.32 Å². The van der Waals surface area contributed by atoms with Crippen molar-refractivity contribution in [2.45, 2.75) is 27.3 Å². The smallest absolute Gasteiger partial charge is 0.146 e. The van der Waals surface area contributed by atoms with E-state index in [4.69, 9.17) is 0 Å². The minimum atomic E-state index is -0.213. The summed E-state index contributed by atoms with van der Waals surface area (Å²) in [7, 11) is 0. The summed E-state index contributed by atoms with van der Waals surface area (Å²) in [4.78, 5) is 5.62. The number of nitrogens with one attached hydrogen (secondary N) is 1. The highest BCUT2D eigenvalue weighted by atomic mass is 32.1. The molecule has 1 aromatic heterocycles. The summed E-state index contributed by atoms with van der Waals surface area (Å²) in [5, 5.41) is 4.06. The first kappa shape index (κ1) is 12.0. The highest BCUT2D eigenvalue weighted by Crippen LogP contribution is 2.20. The van der Waals surface area contributed by atoms with Crippen molar-refractivity contribution >= 4 is 17.0 Å². The number of rotatable bonds is 3. The van der Waals surface area contributed by atoms with Gasteiger partial charge in [-0.2, -0.15) is 0 Å². The summed E-state index contributed by atoms with van der Waals surface area (Å²) >= 11 is 1.65. The molecule has 2 aromatic rings. The number of aromatic nitrogens is 1. The Kier molecular flexibility index (Phi) is 3.43. The molecule has 0 bridgehead atoms. The first-order chi connectivity index (χ1) is 8.06. The zero-order valence-corrected chi connectivity index (χ0v) is 11.0. The molecule has 0 aliphatic rings. The average Bonchev–Trinajstić information content (AvgIpc) is 2.57. The van der Waals surface area contributed by atoms with Crippen LogP contribution in [0.2, 0.25) is 0 Å². The molecule has 0 atom stereocenters. The maximum Gasteiger partial charge on any atom is 0.146 e. The highest BCUT2D eigenvalue weighted by Gasteiger charge is 2.05. The zero-order valence-electron chi connectivity index (χ0n) is 10.2. The maximum atomic E-state index is 13.6. The van der Waals surface area contributed by atoms with Gasteiger partial charge >= 0.3 is 0 Å². The molecule has 0 spiro atoms. The number of anilines is 1. The lowest BCUT2D eigenvalue weighted by Crippen LogP contribution is -2.01. The van der Waals surface area contributed by atoms with Crippen molar-refractivity contribution in [2.75, 3.05) is 5.32 Å². The molecule has 1 N–H and O–H groups in total. The summed E-state index contributed by atoms with van der Waals surface area (Å²) in [6.45, 7) is 6.48. The molecule has 0 saturated heterocycles. The molecule has 0 aliphatic heterocycles. The summed E-state index contributed by atoms with van der Waals surface area (Å²) in [5.74, 6) is -0.213. The minimum Gasteiger partial charge on any atom is -0.376 e. The number of hydrogen-bond donors (Lipinski definition) is 1. The summed E-state index contributed by atoms with van der Waals surface area (Å²) in [6.07, 6.45) is 0. The number of aryl methyl sites for hydroxylation is 3. The standard InChI is InChI=1S/C13H15FN2S/c1-8-4-5-12(11(14)6-8)15-7-13-16-9(2)10(3)17-13/h4-6,15H,7H2,1-3H3. The van der Waals surface area contributed by atoms with Crippen molar-refractivity contribution < 1.29 is 4.39 Å². The number of nitrogens with zero attached hydrogens (tertiary/aromatic N) is 1. The van der Waals surface area contributed by atoms with Crippen molar-refractivity contribution in [3.05, 3.63) is 45.2 Å². The van der Waals surface area contributed by atoms with Gasteiger partial charge in [-0.3, -0.25) is 0 Å². The third-order valence-corrected chi connectivity index (χ3v) is 3.70. The van der Waals surface area contributed by atoms with Crippen LogP contribution in [0.4, 0.5) is 10.1 Å². The summed E-state index contributed by atoms with van der Waals surface area (Å²) in [6, 6.07) is 5.18. The van der Waals surface area contributed by atoms with Crippen LogP contribution in [0.1, 0.15) is 21.1 Å². The molecule has 0 fully saturated rings. The van der Waals surface area contributed by atoms with Crippen LogP contribution >= 0.6 is 11.3 Å². The zero-order chi connectivity index (χ0) is 12.4. The van der Waals surface area contributed by atoms with Gasteiger partial charge in [-0.15, -0.1) is 11.3 Å². The third-order valence-electron chi connectivity index (χ3n) is 2.63. The Morgan fingerprint density at radius 3 is 2.65 bits per heavy atom. The van der Waals surface area contributed by atoms with Gasteiger partial charge in [0, 0.05) is 4.88 Å². The van der Waals surface area contributed by atoms with Gasteiger partial charge < -0.3 is 5.32 Å². The Bertz CT molecular complexity index is 515. The number of halogens is 1. The predicted octanol–water partition coefficient (Wildman–Crippen LogP) is 3.82. The fraction of sp³-hybridized carbons (Fsp3) is 0.308. The second-order valence-electron chi connectivity index (χ2n) is 4.09. The summed E-state index contributed by atoms with van der Waals surface area (Å²) in [5.41, 5.74) is 2.51. The van der Waals surface area contributed by atoms with E-state index < -0.39 is 0 Å². The Labute approximate surface area is 105 Å². The Balaban J connectivity index is 2.07. The van der Waals surface area contributed by atoms with E-state index in [-0.39, 0.29) is 5.82 Å². The number of thiazole rings is 1. The molecule has 2 rings (SSSR count). The van der Waals surface area contributed by atoms with Crippen molar-refractivity contribution in [3.8, 4) is 0 Å². The lowest BCUT2D eigenvalue weighted by molar-refractivity contribution is 0.629. The van der Waals surface area contributed by atoms with Crippen LogP contribution in [0, 0.1) is 26.6 Å². The second kappa shape index (κ2) is 4.84. The maximum absolute atomic E-state index is 13.6. The molecule has 17 heavy (non-hydrogen) atoms. The molecule has 0 saturated carbocycles. The molecule has 2 nitrogen and oxygen atoms in total. The minimum absolute atomic E-state index is 0.213. The quantitative estimate of drug-likeness (QED) is 0.895. The fourth-order valence-electron chi connectivity index (χ4n) is 1.55. The second-order valence-corrected chi connectivity index (χ2v) is 5.37. The van der Waals surface area contributed by atoms with E-state index in [2.05, 4.69) is 10.3 Å². The van der Waals surface area contributed by atoms with E-state index >= 15 is 0 Å². The van der Waals surface area contributed by atoms with Crippen LogP contribution in [0.15, 0.2) is 18.2 Å². The van der Waals surface area contributed by atoms with Gasteiger partial charge in [0.05, 0.1) is 17.9 Å². The van der Waals surface area contributed by atoms with Crippen molar-refractivity contribution in [3.63, 3.8) is 0 Å². The highest BCUT2D eigenvalue weighted by molar-refractivity contribution is 7.11. The van der Waals surface area contributed by atoms with Gasteiger partial charge in [0.2, 0.25) is 0 Å². The molecule has 1 aromatic carbocycles. The van der Waals surface area contributed by atoms with Crippen LogP contribution in [0.3, 0.4) is 0 Å². The molecular formula is C13H15FN2S. The monoisotopic (exact) mass is 250 g/mol. The van der Waals surface area contributed by atoms with Gasteiger partial charge in [0.15, 0.2) is 0 Å². The Morgan fingerprint density at radius 2 is 2.06 bits per heavy atom. The topological polar surface area (TPSA) is 24.9 Å². The number of hydrogen-bond acceptors (Lipinski definition) is 3. The Morgan fingerprint density at radius 1 is 1.29 bits per heavy atom. The van der Waals surface area contributed by atoms with E-state index in [1.165, 1.54) is 10.9 Å². The van der Waals surface area contributed by atoms with Crippen molar-refractivity contribution in [1.29, 1.82) is 0 Å². The van der Waals surface area contributed by atoms with Crippen LogP contribution in [0.25, 0.3) is 0 Å². The van der Waals surface area contributed by atoms with E-state index in [9.17, 15) is 4.39 Å². The van der Waals surface area contributed by atoms with Gasteiger partial charge in [-0.1, -0.05) is 6.07 Å². The van der Waals surface area contributed by atoms with Crippen LogP contribution in [0.5, 0.6) is 0 Å². The van der Waals surface area contributed by atoms with Crippen molar-refractivity contribution in [2.24, 2.45) is 0 Å². The molecule has 0 aliphatic carbocycles. The number of benzene rings is 1. The summed E-state index contributed by atoms with van der Waals surface area (Å²) < 4.78 is 13.6. The fourth-order valence-corrected chi connectivity index (χ4v) is 2.42. The first-order valence-electron chi connectivity index (χ1n) is 5.49. The van der Waals surface area contributed by atoms with E-state index in [0.29, 0.717) is 12.2 Å². The van der Waals surface area contributed by atoms with E-state index in [1.807, 2.05) is 26.8 Å². The van der Waals surface area contributed by atoms with Gasteiger partial charge in [-0.05, 0) is 38.5 Å². The van der Waals surface area contributed by atoms with Gasteiger partial charge in [0.1, 0.15) is 10.8 Å². The van der Waals surface area contributed by atoms with Crippen LogP contribution in [-0.4, -0.2) is 4.98 Å². The van der Waals surface area contributed by atoms with Crippen LogP contribution in [-0.2, 0) is 6.54 Å². The molecule has 0 radical (unpaired) electrons. The largest absolute Gasteiger partial charge is 0.376 e. The third kappa shape index (κ3) is 2.82. The molecule has 0 unspecified atom stereocenters. The molecular weight excluding hydrogens is 235 g/mol. The molecule has 0 amide bonds. The van der Waals surface area contributed by atoms with Crippen molar-refractivity contribution in [1.82, 2.24) is 4.98 Å². The molecule has 90 valence electrons. The lowest BCUT2D eigenvalue weighted by atomic mass is 10.2. The van der Waals surface area contributed by atoms with E-state index in [1.54, 1.807) is 17.4 Å². The Hall–Kier alpha value is -1.42. The average molecular weight is 250 g/mol. The van der Waals surface area contributed by atoms with E-state index in [0.717, 1.165) is 16.3 Å².